The van der Waals surface area contributed by atoms with Crippen LogP contribution < -0.4 is 4.74 Å². The summed E-state index contributed by atoms with van der Waals surface area (Å²) in [5.74, 6) is 6.85. The minimum Gasteiger partial charge on any atom is -0.495 e. The van der Waals surface area contributed by atoms with Crippen LogP contribution in [-0.4, -0.2) is 13.4 Å². The van der Waals surface area contributed by atoms with Crippen molar-refractivity contribution in [2.75, 3.05) is 7.11 Å². The van der Waals surface area contributed by atoms with Crippen LogP contribution in [0.25, 0.3) is 0 Å². The average molecular weight is 248 g/mol. The molecule has 80 valence electrons. The van der Waals surface area contributed by atoms with E-state index in [1.165, 1.54) is 11.3 Å². The van der Waals surface area contributed by atoms with Crippen LogP contribution in [-0.2, 0) is 0 Å². The Kier molecular flexibility index (Phi) is 3.40. The summed E-state index contributed by atoms with van der Waals surface area (Å²) in [5.41, 5.74) is 0. The third kappa shape index (κ3) is 2.32. The molecule has 2 aromatic rings. The van der Waals surface area contributed by atoms with Crippen LogP contribution in [0.15, 0.2) is 23.6 Å². The predicted octanol–water partition coefficient (Wildman–Crippen LogP) is 3.03. The monoisotopic (exact) mass is 248 g/mol. The quantitative estimate of drug-likeness (QED) is 0.603. The first-order valence-electron chi connectivity index (χ1n) is 4.52. The Morgan fingerprint density at radius 2 is 2.19 bits per heavy atom. The maximum absolute atomic E-state index is 10.5. The van der Waals surface area contributed by atoms with E-state index >= 15 is 0 Å². The summed E-state index contributed by atoms with van der Waals surface area (Å²) in [5, 5.41) is 1.94. The van der Waals surface area contributed by atoms with Crippen molar-refractivity contribution in [3.05, 3.63) is 38.2 Å². The summed E-state index contributed by atoms with van der Waals surface area (Å²) in [6.45, 7) is 0. The second-order valence-electron chi connectivity index (χ2n) is 2.89. The van der Waals surface area contributed by atoms with Gasteiger partial charge >= 0.3 is 0 Å². The summed E-state index contributed by atoms with van der Waals surface area (Å²) in [4.78, 5) is 13.0. The fourth-order valence-corrected chi connectivity index (χ4v) is 2.53. The van der Waals surface area contributed by atoms with Crippen molar-refractivity contribution < 1.29 is 9.53 Å². The lowest BCUT2D eigenvalue weighted by atomic mass is 10.4. The Hall–Kier alpha value is -1.57. The van der Waals surface area contributed by atoms with Gasteiger partial charge in [0.2, 0.25) is 0 Å². The van der Waals surface area contributed by atoms with Gasteiger partial charge in [-0.15, -0.1) is 22.7 Å². The highest BCUT2D eigenvalue weighted by atomic mass is 32.1. The van der Waals surface area contributed by atoms with Crippen molar-refractivity contribution in [1.82, 2.24) is 0 Å². The van der Waals surface area contributed by atoms with Crippen molar-refractivity contribution in [1.29, 1.82) is 0 Å². The highest BCUT2D eigenvalue weighted by molar-refractivity contribution is 7.14. The van der Waals surface area contributed by atoms with Crippen LogP contribution in [0.3, 0.4) is 0 Å². The van der Waals surface area contributed by atoms with E-state index in [-0.39, 0.29) is 0 Å². The Labute approximate surface area is 102 Å². The summed E-state index contributed by atoms with van der Waals surface area (Å²) >= 11 is 2.93. The molecule has 0 aliphatic carbocycles. The molecule has 0 spiro atoms. The van der Waals surface area contributed by atoms with Crippen molar-refractivity contribution in [2.45, 2.75) is 0 Å². The molecule has 0 radical (unpaired) electrons. The van der Waals surface area contributed by atoms with Crippen LogP contribution in [0.1, 0.15) is 19.4 Å². The topological polar surface area (TPSA) is 26.3 Å². The van der Waals surface area contributed by atoms with Gasteiger partial charge in [-0.25, -0.2) is 0 Å². The SMILES string of the molecule is COc1ccsc1C#Cc1ccc(C=O)s1. The molecule has 4 heteroatoms. The van der Waals surface area contributed by atoms with E-state index in [4.69, 9.17) is 4.74 Å². The first kappa shape index (κ1) is 10.9. The average Bonchev–Trinajstić information content (AvgIpc) is 2.94. The molecule has 0 amide bonds. The largest absolute Gasteiger partial charge is 0.495 e. The number of hydrogen-bond donors (Lipinski definition) is 0. The van der Waals surface area contributed by atoms with Gasteiger partial charge in [0.05, 0.1) is 16.9 Å². The molecule has 0 N–H and O–H groups in total. The molecular weight excluding hydrogens is 240 g/mol. The van der Waals surface area contributed by atoms with Gasteiger partial charge in [0.25, 0.3) is 0 Å². The number of rotatable bonds is 2. The minimum absolute atomic E-state index is 0.697. The van der Waals surface area contributed by atoms with E-state index in [2.05, 4.69) is 11.8 Å². The number of hydrogen-bond acceptors (Lipinski definition) is 4. The maximum Gasteiger partial charge on any atom is 0.160 e. The lowest BCUT2D eigenvalue weighted by Crippen LogP contribution is -1.80. The van der Waals surface area contributed by atoms with Gasteiger partial charge in [0, 0.05) is 0 Å². The second kappa shape index (κ2) is 4.97. The molecule has 0 saturated carbocycles. The van der Waals surface area contributed by atoms with Crippen LogP contribution in [0.5, 0.6) is 5.75 Å². The van der Waals surface area contributed by atoms with Gasteiger partial charge in [0.1, 0.15) is 10.6 Å². The number of carbonyl (C=O) groups is 1. The summed E-state index contributed by atoms with van der Waals surface area (Å²) in [6, 6.07) is 5.51. The molecule has 0 atom stereocenters. The van der Waals surface area contributed by atoms with E-state index in [0.717, 1.165) is 21.8 Å². The number of ether oxygens (including phenoxy) is 1. The van der Waals surface area contributed by atoms with Crippen LogP contribution in [0, 0.1) is 11.8 Å². The van der Waals surface area contributed by atoms with Crippen LogP contribution in [0.2, 0.25) is 0 Å². The highest BCUT2D eigenvalue weighted by Gasteiger charge is 2.00. The summed E-state index contributed by atoms with van der Waals surface area (Å²) in [7, 11) is 1.63. The highest BCUT2D eigenvalue weighted by Crippen LogP contribution is 2.23. The molecule has 0 aliphatic heterocycles. The fraction of sp³-hybridized carbons (Fsp3) is 0.0833. The molecule has 2 heterocycles. The van der Waals surface area contributed by atoms with Crippen LogP contribution in [0.4, 0.5) is 0 Å². The normalized spacial score (nSPS) is 9.31. The van der Waals surface area contributed by atoms with E-state index in [1.807, 2.05) is 17.5 Å². The first-order chi connectivity index (χ1) is 7.83. The summed E-state index contributed by atoms with van der Waals surface area (Å²) < 4.78 is 5.16. The zero-order chi connectivity index (χ0) is 11.4. The first-order valence-corrected chi connectivity index (χ1v) is 6.21. The van der Waals surface area contributed by atoms with Gasteiger partial charge in [-0.1, -0.05) is 0 Å². The molecule has 0 aliphatic rings. The minimum atomic E-state index is 0.697. The lowest BCUT2D eigenvalue weighted by molar-refractivity contribution is 0.112. The van der Waals surface area contributed by atoms with E-state index in [9.17, 15) is 4.79 Å². The molecule has 16 heavy (non-hydrogen) atoms. The smallest absolute Gasteiger partial charge is 0.160 e. The molecule has 0 unspecified atom stereocenters. The van der Waals surface area contributed by atoms with Crippen LogP contribution >= 0.6 is 22.7 Å². The van der Waals surface area contributed by atoms with Crippen molar-refractivity contribution in [3.63, 3.8) is 0 Å². The van der Waals surface area contributed by atoms with Gasteiger partial charge in [-0.3, -0.25) is 4.79 Å². The van der Waals surface area contributed by atoms with Gasteiger partial charge in [-0.05, 0) is 35.4 Å². The Bertz CT molecular complexity index is 555. The molecule has 0 aromatic carbocycles. The standard InChI is InChI=1S/C12H8O2S2/c1-14-11-6-7-15-12(11)5-4-9-2-3-10(8-13)16-9/h2-3,6-8H,1H3. The third-order valence-corrected chi connectivity index (χ3v) is 3.63. The van der Waals surface area contributed by atoms with E-state index < -0.39 is 0 Å². The molecule has 2 aromatic heterocycles. The van der Waals surface area contributed by atoms with Crippen molar-refractivity contribution >= 4 is 29.0 Å². The molecule has 0 saturated heterocycles. The Morgan fingerprint density at radius 1 is 1.31 bits per heavy atom. The molecule has 2 nitrogen and oxygen atoms in total. The zero-order valence-electron chi connectivity index (χ0n) is 8.52. The fourth-order valence-electron chi connectivity index (χ4n) is 1.15. The van der Waals surface area contributed by atoms with E-state index in [0.29, 0.717) is 4.88 Å². The number of carbonyl (C=O) groups excluding carboxylic acids is 1. The van der Waals surface area contributed by atoms with Gasteiger partial charge in [0.15, 0.2) is 6.29 Å². The van der Waals surface area contributed by atoms with Crippen molar-refractivity contribution in [3.8, 4) is 17.6 Å². The Morgan fingerprint density at radius 3 is 2.88 bits per heavy atom. The van der Waals surface area contributed by atoms with Gasteiger partial charge in [-0.2, -0.15) is 0 Å². The molecule has 2 rings (SSSR count). The van der Waals surface area contributed by atoms with Gasteiger partial charge < -0.3 is 4.74 Å². The third-order valence-electron chi connectivity index (χ3n) is 1.89. The second-order valence-corrected chi connectivity index (χ2v) is 4.92. The predicted molar refractivity (Wildman–Crippen MR) is 66.6 cm³/mol. The number of thiophene rings is 2. The molecule has 0 bridgehead atoms. The molecular formula is C12H8O2S2. The number of aldehydes is 1. The summed E-state index contributed by atoms with van der Waals surface area (Å²) in [6.07, 6.45) is 0.835. The maximum atomic E-state index is 10.5. The number of methoxy groups -OCH3 is 1. The Balaban J connectivity index is 2.24. The lowest BCUT2D eigenvalue weighted by Gasteiger charge is -1.93. The zero-order valence-corrected chi connectivity index (χ0v) is 10.2. The molecule has 0 fully saturated rings. The van der Waals surface area contributed by atoms with Crippen molar-refractivity contribution in [2.24, 2.45) is 0 Å². The van der Waals surface area contributed by atoms with E-state index in [1.54, 1.807) is 24.5 Å².